The number of alkyl halides is 2. The van der Waals surface area contributed by atoms with E-state index in [2.05, 4.69) is 54.5 Å². The molecule has 3 heterocycles. The highest BCUT2D eigenvalue weighted by Gasteiger charge is 2.50. The van der Waals surface area contributed by atoms with Crippen LogP contribution in [0.4, 0.5) is 20.2 Å². The van der Waals surface area contributed by atoms with Gasteiger partial charge in [0, 0.05) is 47.5 Å². The van der Waals surface area contributed by atoms with Gasteiger partial charge >= 0.3 is 0 Å². The van der Waals surface area contributed by atoms with Gasteiger partial charge in [-0.2, -0.15) is 0 Å². The van der Waals surface area contributed by atoms with E-state index in [1.54, 1.807) is 36.4 Å². The van der Waals surface area contributed by atoms with Gasteiger partial charge in [-0.3, -0.25) is 9.59 Å². The molecular formula is C22H25BrF2IN5O3. The molecule has 0 saturated carbocycles. The third-order valence-corrected chi connectivity index (χ3v) is 7.06. The topological polar surface area (TPSA) is 85.9 Å². The van der Waals surface area contributed by atoms with Crippen molar-refractivity contribution in [2.75, 3.05) is 63.6 Å². The van der Waals surface area contributed by atoms with Crippen LogP contribution < -0.4 is 16.0 Å². The number of hydrogen-bond donors (Lipinski definition) is 3. The van der Waals surface area contributed by atoms with Crippen LogP contribution in [0, 0.1) is 0 Å². The Labute approximate surface area is 218 Å². The van der Waals surface area contributed by atoms with Crippen LogP contribution in [0.5, 0.6) is 0 Å². The number of nitrogens with one attached hydrogen (secondary N) is 3. The van der Waals surface area contributed by atoms with Gasteiger partial charge in [0.25, 0.3) is 17.7 Å². The number of morpholine rings is 1. The monoisotopic (exact) mass is 651 g/mol. The Morgan fingerprint density at radius 3 is 2.65 bits per heavy atom. The van der Waals surface area contributed by atoms with Crippen LogP contribution in [0.25, 0.3) is 0 Å². The number of anilines is 2. The second-order valence-electron chi connectivity index (χ2n) is 8.25. The number of rotatable bonds is 5. The molecule has 3 N–H and O–H groups in total. The molecule has 1 atom stereocenters. The van der Waals surface area contributed by atoms with Crippen LogP contribution in [-0.2, 0) is 9.53 Å². The number of benzene rings is 1. The second-order valence-corrected chi connectivity index (χ2v) is 10.5. The van der Waals surface area contributed by atoms with Gasteiger partial charge in [-0.1, -0.05) is 15.9 Å². The number of carbonyl (C=O) groups excluding carboxylic acids is 2. The molecule has 1 aromatic carbocycles. The maximum atomic E-state index is 15.1. The predicted molar refractivity (Wildman–Crippen MR) is 138 cm³/mol. The molecule has 34 heavy (non-hydrogen) atoms. The van der Waals surface area contributed by atoms with Crippen molar-refractivity contribution in [3.63, 3.8) is 0 Å². The molecule has 12 heteroatoms. The molecule has 0 aliphatic carbocycles. The van der Waals surface area contributed by atoms with Crippen LogP contribution in [0.3, 0.4) is 0 Å². The second kappa shape index (κ2) is 10.4. The van der Waals surface area contributed by atoms with Gasteiger partial charge in [0.2, 0.25) is 0 Å². The van der Waals surface area contributed by atoms with Crippen LogP contribution in [0.2, 0.25) is 0 Å². The zero-order chi connectivity index (χ0) is 24.5. The number of likely N-dealkylation sites (tertiary alicyclic amines) is 1. The first-order valence-corrected chi connectivity index (χ1v) is 12.7. The van der Waals surface area contributed by atoms with Crippen LogP contribution in [0.1, 0.15) is 10.4 Å². The van der Waals surface area contributed by atoms with Crippen molar-refractivity contribution in [1.82, 2.24) is 15.1 Å². The zero-order valence-corrected chi connectivity index (χ0v) is 22.2. The van der Waals surface area contributed by atoms with Crippen molar-refractivity contribution < 1.29 is 23.1 Å². The molecule has 4 rings (SSSR count). The molecule has 2 saturated heterocycles. The highest BCUT2D eigenvalue weighted by Crippen LogP contribution is 2.37. The Morgan fingerprint density at radius 1 is 1.24 bits per heavy atom. The lowest BCUT2D eigenvalue weighted by Crippen LogP contribution is -2.42. The number of nitrogens with zero attached hydrogens (tertiary/aromatic N) is 2. The van der Waals surface area contributed by atoms with Gasteiger partial charge in [0.1, 0.15) is 6.04 Å². The molecule has 0 bridgehead atoms. The number of dihydropyridines is 1. The molecule has 3 aliphatic heterocycles. The lowest BCUT2D eigenvalue weighted by atomic mass is 10.1. The Bertz CT molecular complexity index is 1050. The molecule has 0 aromatic heterocycles. The summed E-state index contributed by atoms with van der Waals surface area (Å²) in [6.07, 6.45) is 3.25. The van der Waals surface area contributed by atoms with Crippen LogP contribution in [0.15, 0.2) is 38.0 Å². The van der Waals surface area contributed by atoms with E-state index in [9.17, 15) is 9.59 Å². The smallest absolute Gasteiger partial charge is 0.286 e. The van der Waals surface area contributed by atoms with Gasteiger partial charge in [-0.25, -0.2) is 8.78 Å². The summed E-state index contributed by atoms with van der Waals surface area (Å²) in [5.41, 5.74) is 1.41. The zero-order valence-electron chi connectivity index (χ0n) is 18.5. The summed E-state index contributed by atoms with van der Waals surface area (Å²) in [6.45, 7) is 1.41. The molecule has 1 aromatic rings. The fourth-order valence-corrected chi connectivity index (χ4v) is 5.17. The maximum Gasteiger partial charge on any atom is 0.286 e. The summed E-state index contributed by atoms with van der Waals surface area (Å²) in [5, 5.41) is 8.87. The molecule has 184 valence electrons. The third kappa shape index (κ3) is 5.33. The van der Waals surface area contributed by atoms with Gasteiger partial charge in [-0.15, -0.1) is 0 Å². The average molecular weight is 652 g/mol. The third-order valence-electron chi connectivity index (χ3n) is 5.91. The minimum absolute atomic E-state index is 0.196. The summed E-state index contributed by atoms with van der Waals surface area (Å²) < 4.78 is 37.1. The molecule has 0 spiro atoms. The molecule has 0 radical (unpaired) electrons. The Balaban J connectivity index is 1.60. The van der Waals surface area contributed by atoms with E-state index < -0.39 is 24.4 Å². The number of hydrogen-bond acceptors (Lipinski definition) is 6. The highest BCUT2D eigenvalue weighted by molar-refractivity contribution is 14.1. The maximum absolute atomic E-state index is 15.1. The van der Waals surface area contributed by atoms with Crippen molar-refractivity contribution >= 4 is 61.7 Å². The largest absolute Gasteiger partial charge is 0.386 e. The molecule has 8 nitrogen and oxygen atoms in total. The average Bonchev–Trinajstić information content (AvgIpc) is 3.13. The van der Waals surface area contributed by atoms with E-state index in [0.717, 1.165) is 8.48 Å². The fourth-order valence-electron chi connectivity index (χ4n) is 4.15. The first-order chi connectivity index (χ1) is 16.2. The quantitative estimate of drug-likeness (QED) is 0.425. The fraction of sp³-hybridized carbons (Fsp3) is 0.455. The van der Waals surface area contributed by atoms with E-state index in [-0.39, 0.29) is 23.7 Å². The van der Waals surface area contributed by atoms with E-state index in [4.69, 9.17) is 4.74 Å². The van der Waals surface area contributed by atoms with Crippen LogP contribution >= 0.6 is 38.5 Å². The van der Waals surface area contributed by atoms with Crippen molar-refractivity contribution in [3.05, 3.63) is 43.6 Å². The van der Waals surface area contributed by atoms with Gasteiger partial charge in [0.15, 0.2) is 0 Å². The standard InChI is InChI=1S/C22H25BrF2IN5O3/c1-27-17-8-14(23)7-16(21(33)30-2-4-34-5-3-30)19(17)29-18-11-31(12-22(18,24)25)20(32)13-6-15(26)10-28-9-13/h6-9,18,27-29H,2-5,10-12H2,1H3. The summed E-state index contributed by atoms with van der Waals surface area (Å²) in [4.78, 5) is 29.0. The van der Waals surface area contributed by atoms with Gasteiger partial charge in [0.05, 0.1) is 42.3 Å². The van der Waals surface area contributed by atoms with E-state index in [1.807, 2.05) is 0 Å². The SMILES string of the molecule is CNc1cc(Br)cc(C(=O)N2CCOCC2)c1NC1CN(C(=O)C2=CNCC(I)=C2)CC1(F)F. The van der Waals surface area contributed by atoms with Crippen molar-refractivity contribution in [2.24, 2.45) is 0 Å². The summed E-state index contributed by atoms with van der Waals surface area (Å²) in [7, 11) is 1.66. The number of halogens is 4. The highest BCUT2D eigenvalue weighted by atomic mass is 127. The Morgan fingerprint density at radius 2 is 1.97 bits per heavy atom. The molecular weight excluding hydrogens is 627 g/mol. The summed E-state index contributed by atoms with van der Waals surface area (Å²) in [5.74, 6) is -3.91. The van der Waals surface area contributed by atoms with Crippen molar-refractivity contribution in [1.29, 1.82) is 0 Å². The number of carbonyl (C=O) groups is 2. The first kappa shape index (κ1) is 25.2. The predicted octanol–water partition coefficient (Wildman–Crippen LogP) is 3.03. The van der Waals surface area contributed by atoms with E-state index in [0.29, 0.717) is 48.6 Å². The molecule has 2 amide bonds. The lowest BCUT2D eigenvalue weighted by Gasteiger charge is -2.29. The minimum Gasteiger partial charge on any atom is -0.386 e. The number of ether oxygens (including phenoxy) is 1. The van der Waals surface area contributed by atoms with Gasteiger partial charge in [-0.05, 0) is 40.8 Å². The first-order valence-electron chi connectivity index (χ1n) is 10.8. The van der Waals surface area contributed by atoms with Crippen molar-refractivity contribution in [2.45, 2.75) is 12.0 Å². The summed E-state index contributed by atoms with van der Waals surface area (Å²) in [6, 6.07) is 1.99. The molecule has 3 aliphatic rings. The normalized spacial score (nSPS) is 22.0. The minimum atomic E-state index is -3.19. The molecule has 2 fully saturated rings. The number of amides is 2. The van der Waals surface area contributed by atoms with Crippen molar-refractivity contribution in [3.8, 4) is 0 Å². The van der Waals surface area contributed by atoms with E-state index in [1.165, 1.54) is 0 Å². The Kier molecular flexibility index (Phi) is 7.67. The lowest BCUT2D eigenvalue weighted by molar-refractivity contribution is -0.127. The molecule has 1 unspecified atom stereocenters. The Hall–Kier alpha value is -1.93. The van der Waals surface area contributed by atoms with Gasteiger partial charge < -0.3 is 30.5 Å². The van der Waals surface area contributed by atoms with E-state index >= 15 is 8.78 Å². The summed E-state index contributed by atoms with van der Waals surface area (Å²) >= 11 is 5.52. The van der Waals surface area contributed by atoms with Crippen LogP contribution in [-0.4, -0.2) is 86.6 Å².